The van der Waals surface area contributed by atoms with E-state index in [1.54, 1.807) is 0 Å². The Morgan fingerprint density at radius 3 is 2.67 bits per heavy atom. The van der Waals surface area contributed by atoms with Gasteiger partial charge in [-0.05, 0) is 12.1 Å². The summed E-state index contributed by atoms with van der Waals surface area (Å²) in [6.45, 7) is 0. The maximum Gasteiger partial charge on any atom is 0.151 e. The minimum absolute atomic E-state index is 0.290. The van der Waals surface area contributed by atoms with Gasteiger partial charge in [0, 0.05) is 6.07 Å². The van der Waals surface area contributed by atoms with E-state index in [-0.39, 0.29) is 5.75 Å². The fourth-order valence-corrected chi connectivity index (χ4v) is 0.770. The molecular weight excluding hydrogens is 165 g/mol. The summed E-state index contributed by atoms with van der Waals surface area (Å²) in [6, 6.07) is 3.51. The quantitative estimate of drug-likeness (QED) is 0.687. The van der Waals surface area contributed by atoms with Gasteiger partial charge in [0.15, 0.2) is 5.82 Å². The summed E-state index contributed by atoms with van der Waals surface area (Å²) in [5.41, 5.74) is -0.434. The van der Waals surface area contributed by atoms with Crippen molar-refractivity contribution in [3.63, 3.8) is 0 Å². The Balaban J connectivity index is 3.03. The number of hydrogen-bond donors (Lipinski definition) is 1. The highest BCUT2D eigenvalue weighted by atomic mass is 19.1. The lowest BCUT2D eigenvalue weighted by Crippen LogP contribution is -2.08. The van der Waals surface area contributed by atoms with E-state index in [2.05, 4.69) is 4.74 Å². The molecule has 0 saturated heterocycles. The molecule has 5 heteroatoms. The molecule has 0 unspecified atom stereocenters. The number of hydrogen-bond acceptors (Lipinski definition) is 4. The number of anilines is 1. The van der Waals surface area contributed by atoms with Crippen molar-refractivity contribution in [3.05, 3.63) is 29.2 Å². The van der Waals surface area contributed by atoms with Crippen molar-refractivity contribution in [3.8, 4) is 5.75 Å². The molecule has 0 heterocycles. The molecule has 1 N–H and O–H groups in total. The molecule has 0 spiro atoms. The highest BCUT2D eigenvalue weighted by Gasteiger charge is 2.03. The Morgan fingerprint density at radius 2 is 2.25 bits per heavy atom. The highest BCUT2D eigenvalue weighted by molar-refractivity contribution is 5.48. The third-order valence-corrected chi connectivity index (χ3v) is 1.36. The van der Waals surface area contributed by atoms with Gasteiger partial charge in [-0.1, -0.05) is 0 Å². The summed E-state index contributed by atoms with van der Waals surface area (Å²) < 4.78 is 17.5. The first kappa shape index (κ1) is 8.76. The van der Waals surface area contributed by atoms with E-state index >= 15 is 0 Å². The first-order valence-electron chi connectivity index (χ1n) is 3.15. The molecular formula is C7H7FNO3-. The number of ether oxygens (including phenoxy) is 1. The van der Waals surface area contributed by atoms with Crippen LogP contribution in [0.3, 0.4) is 0 Å². The smallest absolute Gasteiger partial charge is 0.151 e. The minimum Gasteiger partial charge on any atom is -0.733 e. The molecule has 0 atom stereocenters. The van der Waals surface area contributed by atoms with Gasteiger partial charge in [-0.15, -0.1) is 0 Å². The lowest BCUT2D eigenvalue weighted by atomic mass is 10.3. The average Bonchev–Trinajstić information content (AvgIpc) is 2.03. The Labute approximate surface area is 68.3 Å². The summed E-state index contributed by atoms with van der Waals surface area (Å²) in [7, 11) is 1.38. The molecule has 4 nitrogen and oxygen atoms in total. The number of methoxy groups -OCH3 is 1. The molecule has 66 valence electrons. The molecule has 0 aliphatic rings. The SMILES string of the molecule is COc1ccc(N([O-])O)c(F)c1. The Kier molecular flexibility index (Phi) is 2.47. The molecule has 1 aromatic carbocycles. The van der Waals surface area contributed by atoms with Crippen molar-refractivity contribution >= 4 is 5.69 Å². The van der Waals surface area contributed by atoms with E-state index < -0.39 is 16.7 Å². The Morgan fingerprint density at radius 1 is 1.58 bits per heavy atom. The van der Waals surface area contributed by atoms with E-state index in [9.17, 15) is 9.60 Å². The molecule has 1 aromatic rings. The van der Waals surface area contributed by atoms with Crippen LogP contribution >= 0.6 is 0 Å². The van der Waals surface area contributed by atoms with Gasteiger partial charge >= 0.3 is 0 Å². The third kappa shape index (κ3) is 1.63. The molecule has 12 heavy (non-hydrogen) atoms. The van der Waals surface area contributed by atoms with Crippen LogP contribution in [0.15, 0.2) is 18.2 Å². The van der Waals surface area contributed by atoms with Crippen molar-refractivity contribution in [2.45, 2.75) is 0 Å². The van der Waals surface area contributed by atoms with Gasteiger partial charge in [-0.3, -0.25) is 5.21 Å². The summed E-state index contributed by atoms with van der Waals surface area (Å²) in [5, 5.41) is 18.1. The van der Waals surface area contributed by atoms with Crippen molar-refractivity contribution in [2.24, 2.45) is 0 Å². The molecule has 0 bridgehead atoms. The first-order valence-corrected chi connectivity index (χ1v) is 3.15. The van der Waals surface area contributed by atoms with Crippen LogP contribution in [0.2, 0.25) is 0 Å². The molecule has 0 aliphatic heterocycles. The van der Waals surface area contributed by atoms with Crippen LogP contribution in [0.25, 0.3) is 0 Å². The van der Waals surface area contributed by atoms with Crippen molar-refractivity contribution < 1.29 is 14.3 Å². The van der Waals surface area contributed by atoms with Crippen LogP contribution in [0.1, 0.15) is 0 Å². The number of benzene rings is 1. The van der Waals surface area contributed by atoms with Gasteiger partial charge in [0.1, 0.15) is 5.75 Å². The van der Waals surface area contributed by atoms with Crippen LogP contribution in [0.4, 0.5) is 10.1 Å². The Hall–Kier alpha value is -1.33. The zero-order valence-corrected chi connectivity index (χ0v) is 6.32. The summed E-state index contributed by atoms with van der Waals surface area (Å²) in [4.78, 5) is 0. The van der Waals surface area contributed by atoms with Crippen molar-refractivity contribution in [2.75, 3.05) is 12.3 Å². The fourth-order valence-electron chi connectivity index (χ4n) is 0.770. The lowest BCUT2D eigenvalue weighted by Gasteiger charge is -2.21. The molecule has 0 amide bonds. The third-order valence-electron chi connectivity index (χ3n) is 1.36. The zero-order valence-electron chi connectivity index (χ0n) is 6.32. The van der Waals surface area contributed by atoms with E-state index in [0.29, 0.717) is 0 Å². The van der Waals surface area contributed by atoms with Crippen LogP contribution in [-0.2, 0) is 0 Å². The summed E-state index contributed by atoms with van der Waals surface area (Å²) in [6.07, 6.45) is 0. The van der Waals surface area contributed by atoms with Gasteiger partial charge in [0.25, 0.3) is 0 Å². The van der Waals surface area contributed by atoms with Crippen LogP contribution < -0.4 is 9.96 Å². The van der Waals surface area contributed by atoms with Crippen LogP contribution in [-0.4, -0.2) is 12.3 Å². The fraction of sp³-hybridized carbons (Fsp3) is 0.143. The minimum atomic E-state index is -0.827. The van der Waals surface area contributed by atoms with Gasteiger partial charge in [-0.25, -0.2) is 4.39 Å². The van der Waals surface area contributed by atoms with Crippen LogP contribution in [0.5, 0.6) is 5.75 Å². The maximum atomic E-state index is 12.8. The zero-order chi connectivity index (χ0) is 9.14. The molecule has 0 saturated carbocycles. The van der Waals surface area contributed by atoms with E-state index in [4.69, 9.17) is 5.21 Å². The largest absolute Gasteiger partial charge is 0.733 e. The van der Waals surface area contributed by atoms with Gasteiger partial charge in [0.05, 0.1) is 12.8 Å². The van der Waals surface area contributed by atoms with E-state index in [1.165, 1.54) is 13.2 Å². The first-order chi connectivity index (χ1) is 5.65. The van der Waals surface area contributed by atoms with Gasteiger partial charge in [-0.2, -0.15) is 0 Å². The van der Waals surface area contributed by atoms with E-state index in [0.717, 1.165) is 12.1 Å². The van der Waals surface area contributed by atoms with Gasteiger partial charge < -0.3 is 15.2 Å². The summed E-state index contributed by atoms with van der Waals surface area (Å²) in [5.74, 6) is -0.537. The van der Waals surface area contributed by atoms with Crippen molar-refractivity contribution in [1.29, 1.82) is 0 Å². The predicted octanol–water partition coefficient (Wildman–Crippen LogP) is 1.53. The second-order valence-electron chi connectivity index (χ2n) is 2.09. The molecule has 0 fully saturated rings. The summed E-state index contributed by atoms with van der Waals surface area (Å²) >= 11 is 0. The van der Waals surface area contributed by atoms with Crippen molar-refractivity contribution in [1.82, 2.24) is 0 Å². The maximum absolute atomic E-state index is 12.8. The van der Waals surface area contributed by atoms with Gasteiger partial charge in [0.2, 0.25) is 0 Å². The standard InChI is InChI=1S/C7H7FNO3/c1-12-5-2-3-7(9(10)11)6(8)4-5/h2-4,10H,1H3/q-1. The molecule has 0 aliphatic carbocycles. The second-order valence-corrected chi connectivity index (χ2v) is 2.09. The number of rotatable bonds is 2. The van der Waals surface area contributed by atoms with E-state index in [1.807, 2.05) is 0 Å². The normalized spacial score (nSPS) is 9.67. The molecule has 0 aromatic heterocycles. The predicted molar refractivity (Wildman–Crippen MR) is 40.6 cm³/mol. The molecule has 1 rings (SSSR count). The number of nitrogens with zero attached hydrogens (tertiary/aromatic N) is 1. The topological polar surface area (TPSA) is 55.8 Å². The average molecular weight is 172 g/mol. The monoisotopic (exact) mass is 172 g/mol. The lowest BCUT2D eigenvalue weighted by molar-refractivity contribution is 0.292. The Bertz CT molecular complexity index is 277. The highest BCUT2D eigenvalue weighted by Crippen LogP contribution is 2.21. The van der Waals surface area contributed by atoms with Crippen LogP contribution in [0, 0.1) is 11.0 Å². The number of halogens is 1. The molecule has 0 radical (unpaired) electrons. The second kappa shape index (κ2) is 3.38.